The van der Waals surface area contributed by atoms with Crippen molar-refractivity contribution in [1.29, 1.82) is 0 Å². The SMILES string of the molecule is O=C([O-])C1COc2ccccc2S1. The van der Waals surface area contributed by atoms with Gasteiger partial charge in [-0.15, -0.1) is 11.8 Å². The number of rotatable bonds is 1. The Kier molecular flexibility index (Phi) is 2.14. The zero-order chi connectivity index (χ0) is 9.26. The van der Waals surface area contributed by atoms with Gasteiger partial charge in [-0.3, -0.25) is 0 Å². The Bertz CT molecular complexity index is 337. The molecule has 0 spiro atoms. The molecule has 68 valence electrons. The Hall–Kier alpha value is -1.16. The van der Waals surface area contributed by atoms with Crippen LogP contribution in [0.1, 0.15) is 0 Å². The second-order valence-corrected chi connectivity index (χ2v) is 3.93. The van der Waals surface area contributed by atoms with Gasteiger partial charge in [0.25, 0.3) is 0 Å². The van der Waals surface area contributed by atoms with E-state index in [1.54, 1.807) is 0 Å². The molecule has 0 aromatic heterocycles. The highest BCUT2D eigenvalue weighted by Crippen LogP contribution is 2.36. The van der Waals surface area contributed by atoms with E-state index < -0.39 is 11.2 Å². The maximum atomic E-state index is 10.6. The second kappa shape index (κ2) is 3.30. The summed E-state index contributed by atoms with van der Waals surface area (Å²) in [5, 5.41) is 9.96. The molecule has 1 aliphatic rings. The van der Waals surface area contributed by atoms with Crippen LogP contribution in [0.25, 0.3) is 0 Å². The normalized spacial score (nSPS) is 20.2. The molecular formula is C9H7O3S-. The highest BCUT2D eigenvalue weighted by molar-refractivity contribution is 8.00. The number of fused-ring (bicyclic) bond motifs is 1. The molecule has 4 heteroatoms. The maximum Gasteiger partial charge on any atom is 0.132 e. The maximum absolute atomic E-state index is 10.6. The van der Waals surface area contributed by atoms with Crippen molar-refractivity contribution in [2.24, 2.45) is 0 Å². The van der Waals surface area contributed by atoms with Gasteiger partial charge in [0.2, 0.25) is 0 Å². The number of benzene rings is 1. The Labute approximate surface area is 79.7 Å². The first-order valence-corrected chi connectivity index (χ1v) is 4.74. The standard InChI is InChI=1S/C9H8O3S/c10-9(11)8-5-12-6-3-1-2-4-7(6)13-8/h1-4,8H,5H2,(H,10,11)/p-1. The van der Waals surface area contributed by atoms with Crippen LogP contribution in [0.5, 0.6) is 5.75 Å². The molecule has 0 N–H and O–H groups in total. The van der Waals surface area contributed by atoms with Crippen molar-refractivity contribution in [3.05, 3.63) is 24.3 Å². The number of aliphatic carboxylic acids is 1. The first-order chi connectivity index (χ1) is 6.27. The third-order valence-corrected chi connectivity index (χ3v) is 2.98. The van der Waals surface area contributed by atoms with Crippen LogP contribution in [-0.2, 0) is 4.79 Å². The van der Waals surface area contributed by atoms with E-state index in [0.29, 0.717) is 0 Å². The number of hydrogen-bond acceptors (Lipinski definition) is 4. The van der Waals surface area contributed by atoms with Crippen LogP contribution < -0.4 is 9.84 Å². The quantitative estimate of drug-likeness (QED) is 0.646. The Morgan fingerprint density at radius 3 is 3.08 bits per heavy atom. The molecule has 2 rings (SSSR count). The Morgan fingerprint density at radius 2 is 2.31 bits per heavy atom. The van der Waals surface area contributed by atoms with E-state index >= 15 is 0 Å². The van der Waals surface area contributed by atoms with Crippen molar-refractivity contribution in [3.8, 4) is 5.75 Å². The van der Waals surface area contributed by atoms with E-state index in [0.717, 1.165) is 10.6 Å². The summed E-state index contributed by atoms with van der Waals surface area (Å²) in [6.07, 6.45) is 0. The molecule has 0 bridgehead atoms. The lowest BCUT2D eigenvalue weighted by Crippen LogP contribution is -2.38. The fourth-order valence-electron chi connectivity index (χ4n) is 1.14. The van der Waals surface area contributed by atoms with Crippen molar-refractivity contribution in [2.45, 2.75) is 10.1 Å². The fourth-order valence-corrected chi connectivity index (χ4v) is 2.07. The largest absolute Gasteiger partial charge is 0.549 e. The molecule has 0 amide bonds. The second-order valence-electron chi connectivity index (χ2n) is 2.68. The minimum atomic E-state index is -1.07. The molecule has 1 heterocycles. The van der Waals surface area contributed by atoms with Crippen LogP contribution in [-0.4, -0.2) is 17.8 Å². The molecule has 1 aromatic carbocycles. The van der Waals surface area contributed by atoms with Gasteiger partial charge in [-0.1, -0.05) is 12.1 Å². The molecule has 0 saturated heterocycles. The predicted molar refractivity (Wildman–Crippen MR) is 46.6 cm³/mol. The van der Waals surface area contributed by atoms with E-state index in [4.69, 9.17) is 4.74 Å². The minimum absolute atomic E-state index is 0.185. The molecule has 0 fully saturated rings. The van der Waals surface area contributed by atoms with Gasteiger partial charge < -0.3 is 14.6 Å². The van der Waals surface area contributed by atoms with E-state index in [2.05, 4.69) is 0 Å². The Balaban J connectivity index is 2.24. The first kappa shape index (κ1) is 8.44. The first-order valence-electron chi connectivity index (χ1n) is 3.87. The van der Waals surface area contributed by atoms with E-state index in [1.165, 1.54) is 11.8 Å². The van der Waals surface area contributed by atoms with Crippen molar-refractivity contribution in [2.75, 3.05) is 6.61 Å². The topological polar surface area (TPSA) is 49.4 Å². The molecule has 1 atom stereocenters. The highest BCUT2D eigenvalue weighted by Gasteiger charge is 2.20. The van der Waals surface area contributed by atoms with Crippen molar-refractivity contribution >= 4 is 17.7 Å². The number of ether oxygens (including phenoxy) is 1. The van der Waals surface area contributed by atoms with Crippen LogP contribution in [0, 0.1) is 0 Å². The van der Waals surface area contributed by atoms with Crippen LogP contribution in [0.15, 0.2) is 29.2 Å². The number of para-hydroxylation sites is 1. The molecule has 1 aliphatic heterocycles. The van der Waals surface area contributed by atoms with Gasteiger partial charge in [0, 0.05) is 0 Å². The highest BCUT2D eigenvalue weighted by atomic mass is 32.2. The third kappa shape index (κ3) is 1.62. The monoisotopic (exact) mass is 195 g/mol. The average Bonchev–Trinajstić information content (AvgIpc) is 2.17. The fraction of sp³-hybridized carbons (Fsp3) is 0.222. The van der Waals surface area contributed by atoms with Gasteiger partial charge in [0.05, 0.1) is 16.1 Å². The molecule has 1 aromatic rings. The number of hydrogen-bond donors (Lipinski definition) is 0. The lowest BCUT2D eigenvalue weighted by atomic mass is 10.3. The van der Waals surface area contributed by atoms with Crippen molar-refractivity contribution < 1.29 is 14.6 Å². The van der Waals surface area contributed by atoms with E-state index in [9.17, 15) is 9.90 Å². The molecule has 3 nitrogen and oxygen atoms in total. The zero-order valence-electron chi connectivity index (χ0n) is 6.73. The van der Waals surface area contributed by atoms with Crippen LogP contribution >= 0.6 is 11.8 Å². The summed E-state index contributed by atoms with van der Waals surface area (Å²) in [4.78, 5) is 11.4. The van der Waals surface area contributed by atoms with Crippen molar-refractivity contribution in [3.63, 3.8) is 0 Å². The minimum Gasteiger partial charge on any atom is -0.549 e. The molecule has 1 unspecified atom stereocenters. The van der Waals surface area contributed by atoms with Crippen LogP contribution in [0.4, 0.5) is 0 Å². The van der Waals surface area contributed by atoms with Crippen LogP contribution in [0.2, 0.25) is 0 Å². The summed E-state index contributed by atoms with van der Waals surface area (Å²) >= 11 is 1.28. The lowest BCUT2D eigenvalue weighted by molar-refractivity contribution is -0.305. The van der Waals surface area contributed by atoms with Gasteiger partial charge >= 0.3 is 0 Å². The number of carbonyl (C=O) groups excluding carboxylic acids is 1. The molecule has 0 radical (unpaired) electrons. The molecule has 0 saturated carbocycles. The number of carboxylic acid groups (broad SMARTS) is 1. The summed E-state index contributed by atoms with van der Waals surface area (Å²) in [5.41, 5.74) is 0. The van der Waals surface area contributed by atoms with Gasteiger partial charge in [-0.25, -0.2) is 0 Å². The predicted octanol–water partition coefficient (Wildman–Crippen LogP) is 0.290. The zero-order valence-corrected chi connectivity index (χ0v) is 7.54. The van der Waals surface area contributed by atoms with Crippen LogP contribution in [0.3, 0.4) is 0 Å². The summed E-state index contributed by atoms with van der Waals surface area (Å²) in [5.74, 6) is -0.315. The number of carboxylic acids is 1. The third-order valence-electron chi connectivity index (χ3n) is 1.77. The average molecular weight is 195 g/mol. The number of carbonyl (C=O) groups is 1. The van der Waals surface area contributed by atoms with E-state index in [-0.39, 0.29) is 6.61 Å². The number of thioether (sulfide) groups is 1. The molecular weight excluding hydrogens is 188 g/mol. The summed E-state index contributed by atoms with van der Waals surface area (Å²) in [6, 6.07) is 7.38. The van der Waals surface area contributed by atoms with E-state index in [1.807, 2.05) is 24.3 Å². The van der Waals surface area contributed by atoms with Gasteiger partial charge in [-0.05, 0) is 12.1 Å². The molecule has 13 heavy (non-hydrogen) atoms. The molecule has 0 aliphatic carbocycles. The van der Waals surface area contributed by atoms with Gasteiger partial charge in [0.1, 0.15) is 12.4 Å². The van der Waals surface area contributed by atoms with Crippen molar-refractivity contribution in [1.82, 2.24) is 0 Å². The summed E-state index contributed by atoms with van der Waals surface area (Å²) < 4.78 is 5.26. The van der Waals surface area contributed by atoms with Gasteiger partial charge in [-0.2, -0.15) is 0 Å². The Morgan fingerprint density at radius 1 is 1.54 bits per heavy atom. The van der Waals surface area contributed by atoms with Gasteiger partial charge in [0.15, 0.2) is 0 Å². The summed E-state index contributed by atoms with van der Waals surface area (Å²) in [7, 11) is 0. The summed E-state index contributed by atoms with van der Waals surface area (Å²) in [6.45, 7) is 0.185. The smallest absolute Gasteiger partial charge is 0.132 e. The lowest BCUT2D eigenvalue weighted by Gasteiger charge is -2.24.